The summed E-state index contributed by atoms with van der Waals surface area (Å²) in [5.41, 5.74) is 7.89. The highest BCUT2D eigenvalue weighted by atomic mass is 19.1. The van der Waals surface area contributed by atoms with Crippen molar-refractivity contribution < 1.29 is 9.18 Å². The first-order chi connectivity index (χ1) is 10.1. The number of hydrogen-bond donors (Lipinski definition) is 2. The Labute approximate surface area is 124 Å². The van der Waals surface area contributed by atoms with Crippen molar-refractivity contribution in [1.82, 2.24) is 0 Å². The molecule has 0 unspecified atom stereocenters. The first-order valence-corrected chi connectivity index (χ1v) is 6.93. The topological polar surface area (TPSA) is 55.1 Å². The van der Waals surface area contributed by atoms with E-state index in [1.54, 1.807) is 19.1 Å². The number of amides is 1. The smallest absolute Gasteiger partial charge is 0.241 e. The lowest BCUT2D eigenvalue weighted by Gasteiger charge is -2.14. The SMILES string of the molecule is Cc1cccc(F)c1NC(=O)[C@@H](N)CCc1ccccc1. The number of carbonyl (C=O) groups excluding carboxylic acids is 1. The predicted molar refractivity (Wildman–Crippen MR) is 82.5 cm³/mol. The van der Waals surface area contributed by atoms with Gasteiger partial charge < -0.3 is 11.1 Å². The Morgan fingerprint density at radius 1 is 1.19 bits per heavy atom. The summed E-state index contributed by atoms with van der Waals surface area (Å²) in [5, 5.41) is 2.58. The minimum Gasteiger partial charge on any atom is -0.322 e. The summed E-state index contributed by atoms with van der Waals surface area (Å²) in [7, 11) is 0. The van der Waals surface area contributed by atoms with E-state index < -0.39 is 11.9 Å². The molecule has 0 bridgehead atoms. The van der Waals surface area contributed by atoms with Crippen LogP contribution in [0.15, 0.2) is 48.5 Å². The van der Waals surface area contributed by atoms with Crippen molar-refractivity contribution in [1.29, 1.82) is 0 Å². The average Bonchev–Trinajstić information content (AvgIpc) is 2.49. The second-order valence-corrected chi connectivity index (χ2v) is 5.05. The molecule has 0 aromatic heterocycles. The van der Waals surface area contributed by atoms with E-state index in [2.05, 4.69) is 5.32 Å². The maximum absolute atomic E-state index is 13.7. The number of benzene rings is 2. The van der Waals surface area contributed by atoms with Crippen LogP contribution < -0.4 is 11.1 Å². The Bertz CT molecular complexity index is 593. The summed E-state index contributed by atoms with van der Waals surface area (Å²) in [6.45, 7) is 1.74. The molecule has 1 atom stereocenters. The number of aryl methyl sites for hydroxylation is 2. The summed E-state index contributed by atoms with van der Waals surface area (Å²) in [5.74, 6) is -0.808. The van der Waals surface area contributed by atoms with Gasteiger partial charge in [-0.15, -0.1) is 0 Å². The van der Waals surface area contributed by atoms with Crippen LogP contribution in [0.3, 0.4) is 0 Å². The zero-order valence-corrected chi connectivity index (χ0v) is 12.0. The summed E-state index contributed by atoms with van der Waals surface area (Å²) in [6, 6.07) is 13.8. The number of halogens is 1. The van der Waals surface area contributed by atoms with Crippen LogP contribution in [0.2, 0.25) is 0 Å². The maximum Gasteiger partial charge on any atom is 0.241 e. The van der Waals surface area contributed by atoms with Crippen molar-refractivity contribution in [3.8, 4) is 0 Å². The van der Waals surface area contributed by atoms with Crippen LogP contribution in [-0.2, 0) is 11.2 Å². The van der Waals surface area contributed by atoms with Gasteiger partial charge in [0.1, 0.15) is 5.82 Å². The molecule has 0 radical (unpaired) electrons. The molecule has 4 heteroatoms. The molecule has 3 nitrogen and oxygen atoms in total. The van der Waals surface area contributed by atoms with Gasteiger partial charge in [0, 0.05) is 0 Å². The van der Waals surface area contributed by atoms with Gasteiger partial charge in [-0.2, -0.15) is 0 Å². The summed E-state index contributed by atoms with van der Waals surface area (Å²) in [4.78, 5) is 12.0. The van der Waals surface area contributed by atoms with Crippen LogP contribution in [0, 0.1) is 12.7 Å². The standard InChI is InChI=1S/C17H19FN2O/c1-12-6-5-9-14(18)16(12)20-17(21)15(19)11-10-13-7-3-2-4-8-13/h2-9,15H,10-11,19H2,1H3,(H,20,21)/t15-/m0/s1. The van der Waals surface area contributed by atoms with Gasteiger partial charge in [-0.05, 0) is 37.0 Å². The molecule has 1 amide bonds. The van der Waals surface area contributed by atoms with Crippen LogP contribution >= 0.6 is 0 Å². The van der Waals surface area contributed by atoms with Crippen LogP contribution in [-0.4, -0.2) is 11.9 Å². The minimum atomic E-state index is -0.663. The van der Waals surface area contributed by atoms with Crippen molar-refractivity contribution in [2.45, 2.75) is 25.8 Å². The van der Waals surface area contributed by atoms with E-state index in [1.165, 1.54) is 6.07 Å². The molecule has 0 saturated heterocycles. The Hall–Kier alpha value is -2.20. The molecule has 3 N–H and O–H groups in total. The molecule has 21 heavy (non-hydrogen) atoms. The van der Waals surface area contributed by atoms with E-state index in [1.807, 2.05) is 30.3 Å². The molecule has 0 aliphatic rings. The fourth-order valence-corrected chi connectivity index (χ4v) is 2.10. The maximum atomic E-state index is 13.7. The van der Waals surface area contributed by atoms with E-state index in [9.17, 15) is 9.18 Å². The van der Waals surface area contributed by atoms with E-state index in [-0.39, 0.29) is 11.6 Å². The van der Waals surface area contributed by atoms with Gasteiger partial charge in [0.05, 0.1) is 11.7 Å². The molecule has 0 aliphatic carbocycles. The molecule has 2 rings (SSSR count). The van der Waals surface area contributed by atoms with Gasteiger partial charge in [-0.1, -0.05) is 42.5 Å². The third-order valence-electron chi connectivity index (χ3n) is 3.39. The molecule has 0 spiro atoms. The van der Waals surface area contributed by atoms with Gasteiger partial charge >= 0.3 is 0 Å². The second kappa shape index (κ2) is 6.99. The third kappa shape index (κ3) is 4.13. The van der Waals surface area contributed by atoms with Gasteiger partial charge in [0.25, 0.3) is 0 Å². The molecular weight excluding hydrogens is 267 g/mol. The summed E-state index contributed by atoms with van der Waals surface area (Å²) >= 11 is 0. The monoisotopic (exact) mass is 286 g/mol. The fraction of sp³-hybridized carbons (Fsp3) is 0.235. The Balaban J connectivity index is 1.94. The third-order valence-corrected chi connectivity index (χ3v) is 3.39. The normalized spacial score (nSPS) is 12.0. The van der Waals surface area contributed by atoms with Gasteiger partial charge in [0.15, 0.2) is 0 Å². The lowest BCUT2D eigenvalue weighted by atomic mass is 10.1. The number of hydrogen-bond acceptors (Lipinski definition) is 2. The summed E-state index contributed by atoms with van der Waals surface area (Å²) < 4.78 is 13.7. The Morgan fingerprint density at radius 3 is 2.57 bits per heavy atom. The number of anilines is 1. The lowest BCUT2D eigenvalue weighted by Crippen LogP contribution is -2.36. The molecule has 2 aromatic carbocycles. The highest BCUT2D eigenvalue weighted by Gasteiger charge is 2.16. The van der Waals surface area contributed by atoms with Crippen LogP contribution in [0.25, 0.3) is 0 Å². The molecule has 0 fully saturated rings. The molecule has 0 heterocycles. The van der Waals surface area contributed by atoms with Crippen LogP contribution in [0.4, 0.5) is 10.1 Å². The molecule has 110 valence electrons. The molecule has 0 aliphatic heterocycles. The van der Waals surface area contributed by atoms with Crippen molar-refractivity contribution in [3.05, 3.63) is 65.5 Å². The number of para-hydroxylation sites is 1. The van der Waals surface area contributed by atoms with Crippen molar-refractivity contribution in [2.24, 2.45) is 5.73 Å². The van der Waals surface area contributed by atoms with Crippen molar-refractivity contribution >= 4 is 11.6 Å². The second-order valence-electron chi connectivity index (χ2n) is 5.05. The van der Waals surface area contributed by atoms with Gasteiger partial charge in [-0.3, -0.25) is 4.79 Å². The minimum absolute atomic E-state index is 0.206. The lowest BCUT2D eigenvalue weighted by molar-refractivity contribution is -0.117. The van der Waals surface area contributed by atoms with Crippen molar-refractivity contribution in [2.75, 3.05) is 5.32 Å². The average molecular weight is 286 g/mol. The highest BCUT2D eigenvalue weighted by Crippen LogP contribution is 2.19. The molecule has 0 saturated carbocycles. The van der Waals surface area contributed by atoms with Crippen LogP contribution in [0.5, 0.6) is 0 Å². The zero-order chi connectivity index (χ0) is 15.2. The Morgan fingerprint density at radius 2 is 1.90 bits per heavy atom. The van der Waals surface area contributed by atoms with Crippen LogP contribution in [0.1, 0.15) is 17.5 Å². The fourth-order valence-electron chi connectivity index (χ4n) is 2.10. The number of nitrogens with two attached hydrogens (primary N) is 1. The first kappa shape index (κ1) is 15.2. The zero-order valence-electron chi connectivity index (χ0n) is 12.0. The van der Waals surface area contributed by atoms with E-state index >= 15 is 0 Å². The predicted octanol–water partition coefficient (Wildman–Crippen LogP) is 3.03. The molecular formula is C17H19FN2O. The number of carbonyl (C=O) groups is 1. The molecule has 2 aromatic rings. The number of rotatable bonds is 5. The van der Waals surface area contributed by atoms with E-state index in [0.717, 1.165) is 5.56 Å². The van der Waals surface area contributed by atoms with Crippen molar-refractivity contribution in [3.63, 3.8) is 0 Å². The Kier molecular flexibility index (Phi) is 5.06. The quantitative estimate of drug-likeness (QED) is 0.887. The van der Waals surface area contributed by atoms with Gasteiger partial charge in [-0.25, -0.2) is 4.39 Å². The largest absolute Gasteiger partial charge is 0.322 e. The van der Waals surface area contributed by atoms with E-state index in [0.29, 0.717) is 18.4 Å². The summed E-state index contributed by atoms with van der Waals surface area (Å²) in [6.07, 6.45) is 1.23. The van der Waals surface area contributed by atoms with E-state index in [4.69, 9.17) is 5.73 Å². The van der Waals surface area contributed by atoms with Gasteiger partial charge in [0.2, 0.25) is 5.91 Å². The first-order valence-electron chi connectivity index (χ1n) is 6.93. The highest BCUT2D eigenvalue weighted by molar-refractivity contribution is 5.95. The number of nitrogens with one attached hydrogen (secondary N) is 1.